The smallest absolute Gasteiger partial charge is 0.305 e. The van der Waals surface area contributed by atoms with Gasteiger partial charge in [0.1, 0.15) is 11.7 Å². The third kappa shape index (κ3) is 5.94. The third-order valence-electron chi connectivity index (χ3n) is 8.21. The van der Waals surface area contributed by atoms with Crippen molar-refractivity contribution < 1.29 is 14.3 Å². The van der Waals surface area contributed by atoms with E-state index < -0.39 is 5.41 Å². The Morgan fingerprint density at radius 3 is 2.60 bits per heavy atom. The molecule has 0 spiro atoms. The average Bonchev–Trinajstić information content (AvgIpc) is 3.70. The van der Waals surface area contributed by atoms with E-state index >= 15 is 0 Å². The minimum absolute atomic E-state index is 0. The van der Waals surface area contributed by atoms with Gasteiger partial charge in [0.2, 0.25) is 5.91 Å². The predicted molar refractivity (Wildman–Crippen MR) is 159 cm³/mol. The molecule has 5 rings (SSSR count). The average molecular weight is 567 g/mol. The number of nitrogen functional groups attached to an aromatic ring is 1. The van der Waals surface area contributed by atoms with Crippen LogP contribution in [0.25, 0.3) is 11.0 Å². The lowest BCUT2D eigenvalue weighted by Gasteiger charge is -2.38. The largest absolute Gasteiger partial charge is 0.466 e. The number of carbonyl (C=O) groups is 2. The lowest BCUT2D eigenvalue weighted by atomic mass is 9.90. The normalized spacial score (nSPS) is 17.6. The Balaban J connectivity index is 0.00000370. The molecule has 1 saturated heterocycles. The molecule has 4 N–H and O–H groups in total. The summed E-state index contributed by atoms with van der Waals surface area (Å²) in [6.07, 6.45) is 5.73. The number of likely N-dealkylation sites (tertiary alicyclic amines) is 1. The van der Waals surface area contributed by atoms with Crippen LogP contribution < -0.4 is 11.1 Å². The summed E-state index contributed by atoms with van der Waals surface area (Å²) < 4.78 is 7.19. The maximum atomic E-state index is 14.0. The van der Waals surface area contributed by atoms with E-state index in [9.17, 15) is 9.59 Å². The van der Waals surface area contributed by atoms with Gasteiger partial charge >= 0.3 is 5.97 Å². The monoisotopic (exact) mass is 566 g/mol. The zero-order valence-corrected chi connectivity index (χ0v) is 24.1. The van der Waals surface area contributed by atoms with Crippen molar-refractivity contribution in [3.8, 4) is 0 Å². The fraction of sp³-hybridized carbons (Fsp3) is 0.467. The van der Waals surface area contributed by atoms with Crippen molar-refractivity contribution in [3.05, 3.63) is 59.4 Å². The quantitative estimate of drug-likeness (QED) is 0.186. The molecule has 1 unspecified atom stereocenters. The van der Waals surface area contributed by atoms with Gasteiger partial charge in [-0.25, -0.2) is 4.98 Å². The molecule has 2 aromatic carbocycles. The van der Waals surface area contributed by atoms with Crippen LogP contribution in [-0.4, -0.2) is 51.4 Å². The van der Waals surface area contributed by atoms with Crippen LogP contribution in [0.5, 0.6) is 0 Å². The number of nitrogens with zero attached hydrogens (tertiary/aromatic N) is 3. The molecule has 2 aliphatic rings. The second kappa shape index (κ2) is 12.3. The molecule has 0 radical (unpaired) electrons. The molecule has 1 aliphatic carbocycles. The molecule has 2 fully saturated rings. The first-order valence-corrected chi connectivity index (χ1v) is 13.9. The summed E-state index contributed by atoms with van der Waals surface area (Å²) in [6, 6.07) is 13.8. The SMILES string of the molecule is CCOC(=O)CCC1CCCCN1C(=O)C1(c2ccc3c(c2)nc(CNc2ccc(C(=N)N)cc2)n3C)CC1.Cl. The van der Waals surface area contributed by atoms with E-state index in [0.29, 0.717) is 31.6 Å². The number of nitrogens with two attached hydrogens (primary N) is 1. The summed E-state index contributed by atoms with van der Waals surface area (Å²) in [5.74, 6) is 0.953. The van der Waals surface area contributed by atoms with Crippen molar-refractivity contribution in [2.75, 3.05) is 18.5 Å². The molecule has 9 nitrogen and oxygen atoms in total. The van der Waals surface area contributed by atoms with E-state index in [2.05, 4.69) is 28.1 Å². The van der Waals surface area contributed by atoms with Gasteiger partial charge in [-0.05, 0) is 87.4 Å². The number of aryl methyl sites for hydroxylation is 1. The topological polar surface area (TPSA) is 126 Å². The number of piperidine rings is 1. The van der Waals surface area contributed by atoms with Crippen molar-refractivity contribution in [1.29, 1.82) is 5.41 Å². The molecule has 1 aromatic heterocycles. The van der Waals surface area contributed by atoms with Gasteiger partial charge in [0.05, 0.1) is 29.6 Å². The Morgan fingerprint density at radius 1 is 1.18 bits per heavy atom. The number of anilines is 1. The van der Waals surface area contributed by atoms with Crippen LogP contribution in [0.4, 0.5) is 5.69 Å². The molecule has 10 heteroatoms. The number of rotatable bonds is 10. The van der Waals surface area contributed by atoms with Gasteiger partial charge in [-0.3, -0.25) is 15.0 Å². The van der Waals surface area contributed by atoms with Crippen molar-refractivity contribution in [2.45, 2.75) is 69.9 Å². The number of aromatic nitrogens is 2. The second-order valence-corrected chi connectivity index (χ2v) is 10.7. The molecule has 3 aromatic rings. The Kier molecular flexibility index (Phi) is 9.03. The molecule has 0 bridgehead atoms. The first-order chi connectivity index (χ1) is 18.8. The standard InChI is InChI=1S/C30H38N6O3.ClH/c1-3-39-27(37)14-12-23-6-4-5-17-36(23)29(38)30(15-16-30)21-9-13-25-24(18-21)34-26(35(25)2)19-33-22-10-7-20(8-11-22)28(31)32;/h7-11,13,18,23,33H,3-6,12,14-17,19H2,1-2H3,(H3,31,32);1H. The van der Waals surface area contributed by atoms with Crippen molar-refractivity contribution in [3.63, 3.8) is 0 Å². The number of imidazole rings is 1. The van der Waals surface area contributed by atoms with E-state index in [1.54, 1.807) is 0 Å². The second-order valence-electron chi connectivity index (χ2n) is 10.7. The lowest BCUT2D eigenvalue weighted by Crippen LogP contribution is -2.48. The number of fused-ring (bicyclic) bond motifs is 1. The van der Waals surface area contributed by atoms with Gasteiger partial charge in [0.15, 0.2) is 0 Å². The molecule has 1 amide bonds. The Hall–Kier alpha value is -3.59. The molecule has 1 aliphatic heterocycles. The number of benzene rings is 2. The first kappa shape index (κ1) is 29.4. The molecule has 2 heterocycles. The number of carbonyl (C=O) groups excluding carboxylic acids is 2. The van der Waals surface area contributed by atoms with Crippen molar-refractivity contribution in [1.82, 2.24) is 14.5 Å². The molecule has 214 valence electrons. The van der Waals surface area contributed by atoms with Crippen LogP contribution in [0.3, 0.4) is 0 Å². The number of halogens is 1. The van der Waals surface area contributed by atoms with Crippen LogP contribution in [0.15, 0.2) is 42.5 Å². The van der Waals surface area contributed by atoms with Crippen molar-refractivity contribution >= 4 is 46.8 Å². The number of amidine groups is 1. The maximum Gasteiger partial charge on any atom is 0.305 e. The molecular weight excluding hydrogens is 528 g/mol. The maximum absolute atomic E-state index is 14.0. The Morgan fingerprint density at radius 2 is 1.93 bits per heavy atom. The summed E-state index contributed by atoms with van der Waals surface area (Å²) in [7, 11) is 2.00. The van der Waals surface area contributed by atoms with Gasteiger partial charge in [0, 0.05) is 37.3 Å². The molecule has 1 atom stereocenters. The minimum atomic E-state index is -0.484. The number of amides is 1. The zero-order chi connectivity index (χ0) is 27.6. The highest BCUT2D eigenvalue weighted by Crippen LogP contribution is 2.51. The number of hydrogen-bond acceptors (Lipinski definition) is 6. The highest BCUT2D eigenvalue weighted by Gasteiger charge is 2.54. The Bertz CT molecular complexity index is 1380. The summed E-state index contributed by atoms with van der Waals surface area (Å²) in [5.41, 5.74) is 9.62. The van der Waals surface area contributed by atoms with Gasteiger partial charge in [-0.2, -0.15) is 0 Å². The summed E-state index contributed by atoms with van der Waals surface area (Å²) in [4.78, 5) is 32.9. The van der Waals surface area contributed by atoms with Crippen LogP contribution in [0, 0.1) is 5.41 Å². The van der Waals surface area contributed by atoms with Gasteiger partial charge in [-0.15, -0.1) is 12.4 Å². The van der Waals surface area contributed by atoms with Crippen LogP contribution in [-0.2, 0) is 33.3 Å². The molecule has 40 heavy (non-hydrogen) atoms. The van der Waals surface area contributed by atoms with E-state index in [1.807, 2.05) is 43.1 Å². The molecule has 1 saturated carbocycles. The fourth-order valence-electron chi connectivity index (χ4n) is 5.77. The van der Waals surface area contributed by atoms with Crippen LogP contribution >= 0.6 is 12.4 Å². The first-order valence-electron chi connectivity index (χ1n) is 13.9. The van der Waals surface area contributed by atoms with E-state index in [0.717, 1.165) is 66.8 Å². The predicted octanol–water partition coefficient (Wildman–Crippen LogP) is 4.65. The summed E-state index contributed by atoms with van der Waals surface area (Å²) >= 11 is 0. The third-order valence-corrected chi connectivity index (χ3v) is 8.21. The number of ether oxygens (including phenoxy) is 1. The van der Waals surface area contributed by atoms with Crippen LogP contribution in [0.1, 0.15) is 68.8 Å². The van der Waals surface area contributed by atoms with E-state index in [1.165, 1.54) is 0 Å². The van der Waals surface area contributed by atoms with Crippen molar-refractivity contribution in [2.24, 2.45) is 12.8 Å². The molecular formula is C30H39ClN6O3. The highest BCUT2D eigenvalue weighted by molar-refractivity contribution is 5.95. The number of esters is 1. The highest BCUT2D eigenvalue weighted by atomic mass is 35.5. The Labute approximate surface area is 241 Å². The van der Waals surface area contributed by atoms with Crippen LogP contribution in [0.2, 0.25) is 0 Å². The minimum Gasteiger partial charge on any atom is -0.466 e. The summed E-state index contributed by atoms with van der Waals surface area (Å²) in [6.45, 7) is 3.50. The fourth-order valence-corrected chi connectivity index (χ4v) is 5.77. The zero-order valence-electron chi connectivity index (χ0n) is 23.2. The van der Waals surface area contributed by atoms with E-state index in [4.69, 9.17) is 20.9 Å². The van der Waals surface area contributed by atoms with E-state index in [-0.39, 0.29) is 36.2 Å². The van der Waals surface area contributed by atoms with Gasteiger partial charge < -0.3 is 25.3 Å². The van der Waals surface area contributed by atoms with Gasteiger partial charge in [-0.1, -0.05) is 6.07 Å². The number of nitrogens with one attached hydrogen (secondary N) is 2. The summed E-state index contributed by atoms with van der Waals surface area (Å²) in [5, 5.41) is 10.9. The van der Waals surface area contributed by atoms with Gasteiger partial charge in [0.25, 0.3) is 0 Å². The lowest BCUT2D eigenvalue weighted by molar-refractivity contribution is -0.145. The number of hydrogen-bond donors (Lipinski definition) is 3.